The Balaban J connectivity index is 2.05. The quantitative estimate of drug-likeness (QED) is 0.758. The van der Waals surface area contributed by atoms with E-state index >= 15 is 0 Å². The van der Waals surface area contributed by atoms with Gasteiger partial charge in [-0.25, -0.2) is 14.6 Å². The summed E-state index contributed by atoms with van der Waals surface area (Å²) in [6.45, 7) is 1.98. The van der Waals surface area contributed by atoms with Gasteiger partial charge in [0.1, 0.15) is 12.0 Å². The fraction of sp³-hybridized carbons (Fsp3) is 0.200. The lowest BCUT2D eigenvalue weighted by molar-refractivity contribution is 0.463. The molecule has 0 aliphatic carbocycles. The molecule has 86 valence electrons. The zero-order chi connectivity index (χ0) is 11.8. The first-order valence-electron chi connectivity index (χ1n) is 5.08. The van der Waals surface area contributed by atoms with Gasteiger partial charge >= 0.3 is 0 Å². The molecule has 17 heavy (non-hydrogen) atoms. The fourth-order valence-corrected chi connectivity index (χ4v) is 1.93. The Morgan fingerprint density at radius 3 is 3.18 bits per heavy atom. The highest BCUT2D eigenvalue weighted by molar-refractivity contribution is 7.80. The summed E-state index contributed by atoms with van der Waals surface area (Å²) in [7, 11) is 0. The highest BCUT2D eigenvalue weighted by atomic mass is 32.1. The summed E-state index contributed by atoms with van der Waals surface area (Å²) >= 11 is 4.99. The monoisotopic (exact) mass is 247 g/mol. The van der Waals surface area contributed by atoms with Gasteiger partial charge in [0.25, 0.3) is 5.17 Å². The van der Waals surface area contributed by atoms with Gasteiger partial charge in [-0.3, -0.25) is 0 Å². The maximum Gasteiger partial charge on any atom is 0.262 e. The third kappa shape index (κ3) is 1.74. The van der Waals surface area contributed by atoms with Gasteiger partial charge in [0.15, 0.2) is 11.6 Å². The lowest BCUT2D eigenvalue weighted by atomic mass is 10.2. The molecule has 0 amide bonds. The summed E-state index contributed by atoms with van der Waals surface area (Å²) < 4.78 is 7.05. The lowest BCUT2D eigenvalue weighted by Gasteiger charge is -2.20. The Labute approximate surface area is 103 Å². The van der Waals surface area contributed by atoms with Gasteiger partial charge in [0, 0.05) is 12.3 Å². The number of hydrogen-bond acceptors (Lipinski definition) is 5. The van der Waals surface area contributed by atoms with Crippen LogP contribution in [0.3, 0.4) is 0 Å². The van der Waals surface area contributed by atoms with Crippen molar-refractivity contribution in [2.75, 3.05) is 0 Å². The van der Waals surface area contributed by atoms with Crippen molar-refractivity contribution < 1.29 is 4.74 Å². The summed E-state index contributed by atoms with van der Waals surface area (Å²) in [5.41, 5.74) is 0.817. The van der Waals surface area contributed by atoms with Crippen molar-refractivity contribution in [1.29, 1.82) is 0 Å². The first kappa shape index (κ1) is 10.2. The van der Waals surface area contributed by atoms with Crippen LogP contribution >= 0.6 is 12.2 Å². The van der Waals surface area contributed by atoms with Gasteiger partial charge in [-0.05, 0) is 19.1 Å². The van der Waals surface area contributed by atoms with Crippen LogP contribution in [0.1, 0.15) is 18.7 Å². The molecule has 2 aromatic rings. The Kier molecular flexibility index (Phi) is 2.25. The molecule has 7 heteroatoms. The molecule has 0 spiro atoms. The van der Waals surface area contributed by atoms with E-state index in [2.05, 4.69) is 20.4 Å². The van der Waals surface area contributed by atoms with E-state index in [1.165, 1.54) is 6.33 Å². The van der Waals surface area contributed by atoms with E-state index in [0.29, 0.717) is 16.7 Å². The van der Waals surface area contributed by atoms with Crippen molar-refractivity contribution in [2.45, 2.75) is 13.0 Å². The Hall–Kier alpha value is -2.02. The van der Waals surface area contributed by atoms with E-state index in [1.807, 2.05) is 6.92 Å². The van der Waals surface area contributed by atoms with Gasteiger partial charge in [0.2, 0.25) is 0 Å². The van der Waals surface area contributed by atoms with Crippen molar-refractivity contribution >= 4 is 17.4 Å². The highest BCUT2D eigenvalue weighted by Gasteiger charge is 2.24. The van der Waals surface area contributed by atoms with Gasteiger partial charge in [-0.1, -0.05) is 0 Å². The Morgan fingerprint density at radius 1 is 1.53 bits per heavy atom. The van der Waals surface area contributed by atoms with Gasteiger partial charge < -0.3 is 10.1 Å². The van der Waals surface area contributed by atoms with E-state index in [9.17, 15) is 0 Å². The molecule has 3 rings (SSSR count). The van der Waals surface area contributed by atoms with Crippen LogP contribution in [-0.4, -0.2) is 24.9 Å². The number of thiocarbonyl (C=S) groups is 1. The van der Waals surface area contributed by atoms with Crippen LogP contribution in [0.5, 0.6) is 5.75 Å². The van der Waals surface area contributed by atoms with Crippen molar-refractivity contribution in [3.8, 4) is 11.6 Å². The third-order valence-corrected chi connectivity index (χ3v) is 2.66. The summed E-state index contributed by atoms with van der Waals surface area (Å²) in [6, 6.07) is 1.81. The van der Waals surface area contributed by atoms with E-state index in [0.717, 1.165) is 5.69 Å². The minimum atomic E-state index is 0.0364. The topological polar surface area (TPSA) is 64.9 Å². The molecule has 0 bridgehead atoms. The van der Waals surface area contributed by atoms with Gasteiger partial charge in [0.05, 0.1) is 12.2 Å². The van der Waals surface area contributed by atoms with E-state index in [1.54, 1.807) is 23.1 Å². The van der Waals surface area contributed by atoms with Crippen LogP contribution < -0.4 is 10.1 Å². The molecule has 0 saturated carbocycles. The number of hydrogen-bond donors (Lipinski definition) is 1. The van der Waals surface area contributed by atoms with Crippen LogP contribution in [-0.2, 0) is 0 Å². The molecule has 0 saturated heterocycles. The van der Waals surface area contributed by atoms with Crippen molar-refractivity contribution in [2.24, 2.45) is 0 Å². The second kappa shape index (κ2) is 3.77. The molecule has 2 aromatic heterocycles. The average molecular weight is 247 g/mol. The molecule has 1 atom stereocenters. The fourth-order valence-electron chi connectivity index (χ4n) is 1.66. The zero-order valence-electron chi connectivity index (χ0n) is 8.99. The molecule has 1 aliphatic heterocycles. The molecular weight excluding hydrogens is 238 g/mol. The maximum absolute atomic E-state index is 5.40. The van der Waals surface area contributed by atoms with E-state index in [4.69, 9.17) is 17.0 Å². The number of fused-ring (bicyclic) bond motifs is 1. The standard InChI is InChI=1S/C10H9N5OS/c1-6-9-7(16-10(17)13-6)4-15(14-9)8-2-3-11-5-12-8/h2-6H,1H3,(H,13,17). The predicted molar refractivity (Wildman–Crippen MR) is 63.9 cm³/mol. The minimum absolute atomic E-state index is 0.0364. The molecule has 0 fully saturated rings. The van der Waals surface area contributed by atoms with Gasteiger partial charge in [-0.15, -0.1) is 0 Å². The SMILES string of the molecule is CC1NC(=S)Oc2cn(-c3ccncn3)nc21. The van der Waals surface area contributed by atoms with Crippen LogP contribution in [0.2, 0.25) is 0 Å². The molecule has 0 radical (unpaired) electrons. The largest absolute Gasteiger partial charge is 0.428 e. The zero-order valence-corrected chi connectivity index (χ0v) is 9.81. The second-order valence-corrected chi connectivity index (χ2v) is 4.02. The molecule has 1 N–H and O–H groups in total. The molecule has 3 heterocycles. The predicted octanol–water partition coefficient (Wildman–Crippen LogP) is 0.990. The van der Waals surface area contributed by atoms with Crippen LogP contribution in [0.25, 0.3) is 5.82 Å². The lowest BCUT2D eigenvalue weighted by Crippen LogP contribution is -2.33. The van der Waals surface area contributed by atoms with Crippen molar-refractivity contribution in [1.82, 2.24) is 25.1 Å². The smallest absolute Gasteiger partial charge is 0.262 e. The summed E-state index contributed by atoms with van der Waals surface area (Å²) in [6.07, 6.45) is 4.90. The molecule has 1 aliphatic rings. The Morgan fingerprint density at radius 2 is 2.41 bits per heavy atom. The molecule has 1 unspecified atom stereocenters. The number of ether oxygens (including phenoxy) is 1. The number of rotatable bonds is 1. The summed E-state index contributed by atoms with van der Waals surface area (Å²) in [4.78, 5) is 7.98. The minimum Gasteiger partial charge on any atom is -0.428 e. The van der Waals surface area contributed by atoms with E-state index < -0.39 is 0 Å². The van der Waals surface area contributed by atoms with Crippen LogP contribution in [0.15, 0.2) is 24.8 Å². The van der Waals surface area contributed by atoms with Crippen LogP contribution in [0, 0.1) is 0 Å². The second-order valence-electron chi connectivity index (χ2n) is 3.65. The first-order chi connectivity index (χ1) is 8.24. The maximum atomic E-state index is 5.40. The number of aromatic nitrogens is 4. The van der Waals surface area contributed by atoms with Crippen LogP contribution in [0.4, 0.5) is 0 Å². The van der Waals surface area contributed by atoms with Gasteiger partial charge in [-0.2, -0.15) is 5.10 Å². The Bertz CT molecular complexity index is 567. The molecular formula is C10H9N5OS. The molecule has 6 nitrogen and oxygen atoms in total. The summed E-state index contributed by atoms with van der Waals surface area (Å²) in [5, 5.41) is 7.78. The first-order valence-corrected chi connectivity index (χ1v) is 5.49. The summed E-state index contributed by atoms with van der Waals surface area (Å²) in [5.74, 6) is 1.36. The van der Waals surface area contributed by atoms with Crippen molar-refractivity contribution in [3.63, 3.8) is 0 Å². The average Bonchev–Trinajstić information content (AvgIpc) is 2.74. The number of nitrogens with zero attached hydrogens (tertiary/aromatic N) is 4. The van der Waals surface area contributed by atoms with E-state index in [-0.39, 0.29) is 6.04 Å². The van der Waals surface area contributed by atoms with Crippen molar-refractivity contribution in [3.05, 3.63) is 30.5 Å². The normalized spacial score (nSPS) is 18.2. The molecule has 0 aromatic carbocycles. The highest BCUT2D eigenvalue weighted by Crippen LogP contribution is 2.28. The number of nitrogens with one attached hydrogen (secondary N) is 1. The third-order valence-electron chi connectivity index (χ3n) is 2.46.